The Morgan fingerprint density at radius 2 is 1.61 bits per heavy atom. The van der Waals surface area contributed by atoms with Gasteiger partial charge < -0.3 is 20.1 Å². The molecule has 0 bridgehead atoms. The summed E-state index contributed by atoms with van der Waals surface area (Å²) in [6.45, 7) is 2.89. The highest BCUT2D eigenvalue weighted by atomic mass is 16.5. The topological polar surface area (TPSA) is 95.9 Å². The first-order valence-corrected chi connectivity index (χ1v) is 11.6. The largest absolute Gasteiger partial charge is 0.481 e. The van der Waals surface area contributed by atoms with Gasteiger partial charge >= 0.3 is 12.1 Å². The fourth-order valence-electron chi connectivity index (χ4n) is 5.47. The SMILES string of the molecule is C[C@@H]1CN(C(=O)C2CC(NC(=O)OCC3c4ccccc4-c4ccccc43)C2)C[C@H]1C(=O)O. The molecule has 172 valence electrons. The maximum atomic E-state index is 12.7. The van der Waals surface area contributed by atoms with Crippen molar-refractivity contribution in [1.82, 2.24) is 10.2 Å². The lowest BCUT2D eigenvalue weighted by molar-refractivity contribution is -0.142. The summed E-state index contributed by atoms with van der Waals surface area (Å²) in [6, 6.07) is 16.3. The number of benzene rings is 2. The van der Waals surface area contributed by atoms with E-state index in [1.807, 2.05) is 31.2 Å². The van der Waals surface area contributed by atoms with E-state index >= 15 is 0 Å². The number of hydrogen-bond acceptors (Lipinski definition) is 4. The second-order valence-electron chi connectivity index (χ2n) is 9.50. The summed E-state index contributed by atoms with van der Waals surface area (Å²) in [5, 5.41) is 12.1. The third-order valence-corrected chi connectivity index (χ3v) is 7.39. The molecule has 2 aliphatic carbocycles. The first-order valence-electron chi connectivity index (χ1n) is 11.6. The van der Waals surface area contributed by atoms with E-state index in [0.717, 1.165) is 0 Å². The van der Waals surface area contributed by atoms with Gasteiger partial charge in [0.05, 0.1) is 5.92 Å². The Morgan fingerprint density at radius 1 is 1.00 bits per heavy atom. The third kappa shape index (κ3) is 3.96. The Balaban J connectivity index is 1.11. The number of nitrogens with one attached hydrogen (secondary N) is 1. The van der Waals surface area contributed by atoms with Gasteiger partial charge in [-0.1, -0.05) is 55.5 Å². The zero-order valence-electron chi connectivity index (χ0n) is 18.6. The Labute approximate surface area is 192 Å². The number of nitrogens with zero attached hydrogens (tertiary/aromatic N) is 1. The Morgan fingerprint density at radius 3 is 2.18 bits per heavy atom. The highest BCUT2D eigenvalue weighted by Crippen LogP contribution is 2.44. The minimum atomic E-state index is -0.846. The molecule has 2 aromatic rings. The summed E-state index contributed by atoms with van der Waals surface area (Å²) >= 11 is 0. The van der Waals surface area contributed by atoms with Crippen LogP contribution in [0, 0.1) is 17.8 Å². The van der Waals surface area contributed by atoms with Gasteiger partial charge in [0, 0.05) is 31.0 Å². The Bertz CT molecular complexity index is 1050. The molecule has 3 aliphatic rings. The Hall–Kier alpha value is -3.35. The molecule has 0 radical (unpaired) electrons. The zero-order chi connectivity index (χ0) is 23.1. The van der Waals surface area contributed by atoms with Gasteiger partial charge in [-0.3, -0.25) is 9.59 Å². The van der Waals surface area contributed by atoms with Crippen LogP contribution < -0.4 is 5.32 Å². The fraction of sp³-hybridized carbons (Fsp3) is 0.423. The van der Waals surface area contributed by atoms with Gasteiger partial charge in [0.2, 0.25) is 5.91 Å². The van der Waals surface area contributed by atoms with Crippen LogP contribution in [0.15, 0.2) is 48.5 Å². The summed E-state index contributed by atoms with van der Waals surface area (Å²) in [5.74, 6) is -1.54. The second-order valence-corrected chi connectivity index (χ2v) is 9.50. The first-order chi connectivity index (χ1) is 15.9. The predicted molar refractivity (Wildman–Crippen MR) is 122 cm³/mol. The molecule has 5 rings (SSSR count). The van der Waals surface area contributed by atoms with Crippen molar-refractivity contribution in [3.63, 3.8) is 0 Å². The molecule has 0 aromatic heterocycles. The van der Waals surface area contributed by atoms with E-state index in [1.165, 1.54) is 22.3 Å². The van der Waals surface area contributed by atoms with Crippen molar-refractivity contribution in [3.05, 3.63) is 59.7 Å². The molecule has 2 amide bonds. The summed E-state index contributed by atoms with van der Waals surface area (Å²) in [4.78, 5) is 38.1. The maximum absolute atomic E-state index is 12.7. The lowest BCUT2D eigenvalue weighted by Gasteiger charge is -2.36. The molecule has 7 nitrogen and oxygen atoms in total. The molecule has 1 saturated heterocycles. The van der Waals surface area contributed by atoms with Crippen LogP contribution in [-0.2, 0) is 14.3 Å². The number of aliphatic carboxylic acids is 1. The number of carbonyl (C=O) groups excluding carboxylic acids is 2. The van der Waals surface area contributed by atoms with Gasteiger partial charge in [-0.05, 0) is 41.0 Å². The predicted octanol–water partition coefficient (Wildman–Crippen LogP) is 3.48. The number of carboxylic acid groups (broad SMARTS) is 1. The van der Waals surface area contributed by atoms with E-state index in [0.29, 0.717) is 19.4 Å². The molecule has 2 aromatic carbocycles. The van der Waals surface area contributed by atoms with Gasteiger partial charge in [-0.2, -0.15) is 0 Å². The van der Waals surface area contributed by atoms with Gasteiger partial charge in [-0.25, -0.2) is 4.79 Å². The number of amides is 2. The number of carbonyl (C=O) groups is 3. The van der Waals surface area contributed by atoms with Gasteiger partial charge in [0.1, 0.15) is 6.61 Å². The average molecular weight is 449 g/mol. The van der Waals surface area contributed by atoms with Crippen LogP contribution in [0.25, 0.3) is 11.1 Å². The second kappa shape index (κ2) is 8.54. The van der Waals surface area contributed by atoms with E-state index in [4.69, 9.17) is 4.74 Å². The molecule has 2 N–H and O–H groups in total. The molecule has 2 fully saturated rings. The Kier molecular flexibility index (Phi) is 5.56. The quantitative estimate of drug-likeness (QED) is 0.730. The lowest BCUT2D eigenvalue weighted by Crippen LogP contribution is -2.50. The number of ether oxygens (including phenoxy) is 1. The molecule has 1 aliphatic heterocycles. The van der Waals surface area contributed by atoms with E-state index in [2.05, 4.69) is 29.6 Å². The molecule has 1 heterocycles. The van der Waals surface area contributed by atoms with Crippen LogP contribution in [0.3, 0.4) is 0 Å². The molecule has 2 atom stereocenters. The summed E-state index contributed by atoms with van der Waals surface area (Å²) in [7, 11) is 0. The highest BCUT2D eigenvalue weighted by molar-refractivity contribution is 5.82. The molecular weight excluding hydrogens is 420 g/mol. The summed E-state index contributed by atoms with van der Waals surface area (Å²) in [6.07, 6.45) is 0.658. The smallest absolute Gasteiger partial charge is 0.407 e. The van der Waals surface area contributed by atoms with E-state index < -0.39 is 18.0 Å². The van der Waals surface area contributed by atoms with Crippen LogP contribution in [0.5, 0.6) is 0 Å². The molecule has 7 heteroatoms. The van der Waals surface area contributed by atoms with Crippen molar-refractivity contribution in [2.24, 2.45) is 17.8 Å². The zero-order valence-corrected chi connectivity index (χ0v) is 18.6. The average Bonchev–Trinajstić information content (AvgIpc) is 3.32. The number of rotatable bonds is 5. The number of alkyl carbamates (subject to hydrolysis) is 1. The van der Waals surface area contributed by atoms with Gasteiger partial charge in [0.15, 0.2) is 0 Å². The number of carboxylic acids is 1. The number of hydrogen-bond donors (Lipinski definition) is 2. The van der Waals surface area contributed by atoms with Crippen LogP contribution >= 0.6 is 0 Å². The van der Waals surface area contributed by atoms with Crippen molar-refractivity contribution in [3.8, 4) is 11.1 Å². The molecule has 33 heavy (non-hydrogen) atoms. The van der Waals surface area contributed by atoms with Crippen molar-refractivity contribution in [2.45, 2.75) is 31.7 Å². The molecular formula is C26H28N2O5. The third-order valence-electron chi connectivity index (χ3n) is 7.39. The van der Waals surface area contributed by atoms with E-state index in [1.54, 1.807) is 4.90 Å². The standard InChI is InChI=1S/C26H28N2O5/c1-15-12-28(13-22(15)25(30)31)24(29)16-10-17(11-16)27-26(32)33-14-23-20-8-4-2-6-18(20)19-7-3-5-9-21(19)23/h2-9,15-17,22-23H,10-14H2,1H3,(H,27,32)(H,30,31)/t15-,16?,17?,22-/m1/s1. The highest BCUT2D eigenvalue weighted by Gasteiger charge is 2.43. The van der Waals surface area contributed by atoms with Crippen molar-refractivity contribution < 1.29 is 24.2 Å². The van der Waals surface area contributed by atoms with E-state index in [-0.39, 0.29) is 42.9 Å². The number of fused-ring (bicyclic) bond motifs is 3. The number of likely N-dealkylation sites (tertiary alicyclic amines) is 1. The van der Waals surface area contributed by atoms with Gasteiger partial charge in [-0.15, -0.1) is 0 Å². The van der Waals surface area contributed by atoms with Gasteiger partial charge in [0.25, 0.3) is 0 Å². The van der Waals surface area contributed by atoms with Crippen LogP contribution in [0.4, 0.5) is 4.79 Å². The van der Waals surface area contributed by atoms with Crippen molar-refractivity contribution in [2.75, 3.05) is 19.7 Å². The normalized spacial score (nSPS) is 25.7. The van der Waals surface area contributed by atoms with Crippen LogP contribution in [0.2, 0.25) is 0 Å². The van der Waals surface area contributed by atoms with Crippen molar-refractivity contribution in [1.29, 1.82) is 0 Å². The maximum Gasteiger partial charge on any atom is 0.407 e. The monoisotopic (exact) mass is 448 g/mol. The molecule has 0 unspecified atom stereocenters. The summed E-state index contributed by atoms with van der Waals surface area (Å²) < 4.78 is 5.59. The first kappa shape index (κ1) is 21.5. The minimum Gasteiger partial charge on any atom is -0.481 e. The summed E-state index contributed by atoms with van der Waals surface area (Å²) in [5.41, 5.74) is 4.70. The lowest BCUT2D eigenvalue weighted by atomic mass is 9.79. The minimum absolute atomic E-state index is 0.00353. The molecule has 1 saturated carbocycles. The van der Waals surface area contributed by atoms with Crippen LogP contribution in [0.1, 0.15) is 36.8 Å². The van der Waals surface area contributed by atoms with Crippen molar-refractivity contribution >= 4 is 18.0 Å². The fourth-order valence-corrected chi connectivity index (χ4v) is 5.47. The van der Waals surface area contributed by atoms with Crippen LogP contribution in [-0.4, -0.2) is 53.7 Å². The molecule has 0 spiro atoms. The van der Waals surface area contributed by atoms with E-state index in [9.17, 15) is 19.5 Å².